The first-order chi connectivity index (χ1) is 10.7. The highest BCUT2D eigenvalue weighted by atomic mass is 79.9. The number of piperazine rings is 1. The fourth-order valence-corrected chi connectivity index (χ4v) is 4.04. The normalized spacial score (nSPS) is 19.7. The van der Waals surface area contributed by atoms with Crippen LogP contribution in [0.15, 0.2) is 22.7 Å². The van der Waals surface area contributed by atoms with Crippen molar-refractivity contribution in [3.05, 3.63) is 28.2 Å². The number of rotatable bonds is 4. The third-order valence-corrected chi connectivity index (χ3v) is 6.53. The van der Waals surface area contributed by atoms with Crippen LogP contribution < -0.4 is 9.62 Å². The lowest BCUT2D eigenvalue weighted by molar-refractivity contribution is 0.313. The lowest BCUT2D eigenvalue weighted by Gasteiger charge is -2.34. The Hall–Kier alpha value is -0.270. The molecule has 1 unspecified atom stereocenters. The summed E-state index contributed by atoms with van der Waals surface area (Å²) >= 11 is 2.61. The molecule has 1 N–H and O–H groups in total. The molecule has 1 heterocycles. The van der Waals surface area contributed by atoms with E-state index in [0.717, 1.165) is 36.2 Å². The molecule has 1 aliphatic heterocycles. The minimum Gasteiger partial charge on any atom is -0.598 e. The molecular weight excluding hydrogens is 374 g/mol. The largest absolute Gasteiger partial charge is 0.598 e. The Morgan fingerprint density at radius 1 is 1.22 bits per heavy atom. The van der Waals surface area contributed by atoms with Gasteiger partial charge in [0, 0.05) is 47.7 Å². The summed E-state index contributed by atoms with van der Waals surface area (Å²) in [6, 6.07) is 6.52. The monoisotopic (exact) mass is 401 g/mol. The molecule has 0 saturated carbocycles. The number of benzene rings is 1. The highest BCUT2D eigenvalue weighted by molar-refractivity contribution is 9.10. The summed E-state index contributed by atoms with van der Waals surface area (Å²) < 4.78 is 16.3. The fourth-order valence-electron chi connectivity index (χ4n) is 2.53. The number of nitrogens with one attached hydrogen (secondary N) is 1. The van der Waals surface area contributed by atoms with Crippen LogP contribution in [0.4, 0.5) is 5.69 Å². The van der Waals surface area contributed by atoms with Crippen LogP contribution in [0, 0.1) is 0 Å². The molecule has 0 spiro atoms. The molecule has 0 aromatic heterocycles. The van der Waals surface area contributed by atoms with E-state index in [2.05, 4.69) is 62.6 Å². The lowest BCUT2D eigenvalue weighted by Crippen LogP contribution is -2.44. The zero-order valence-electron chi connectivity index (χ0n) is 14.7. The molecule has 2 rings (SSSR count). The Bertz CT molecular complexity index is 527. The zero-order chi connectivity index (χ0) is 17.2. The zero-order valence-corrected chi connectivity index (χ0v) is 17.1. The van der Waals surface area contributed by atoms with Crippen LogP contribution in [0.5, 0.6) is 0 Å². The highest BCUT2D eigenvalue weighted by Gasteiger charge is 2.29. The average molecular weight is 402 g/mol. The molecule has 0 amide bonds. The summed E-state index contributed by atoms with van der Waals surface area (Å²) in [4.78, 5) is 4.77. The minimum absolute atomic E-state index is 0.0333. The van der Waals surface area contributed by atoms with E-state index in [1.165, 1.54) is 5.69 Å². The molecule has 1 aromatic rings. The molecule has 1 aromatic carbocycles. The summed E-state index contributed by atoms with van der Waals surface area (Å²) in [6.07, 6.45) is 0. The molecule has 0 radical (unpaired) electrons. The maximum absolute atomic E-state index is 12.3. The van der Waals surface area contributed by atoms with Crippen LogP contribution in [0.3, 0.4) is 0 Å². The molecule has 2 atom stereocenters. The number of hydrogen-bond donors (Lipinski definition) is 1. The van der Waals surface area contributed by atoms with E-state index in [4.69, 9.17) is 0 Å². The van der Waals surface area contributed by atoms with Crippen LogP contribution in [-0.4, -0.2) is 47.4 Å². The van der Waals surface area contributed by atoms with Crippen molar-refractivity contribution in [2.24, 2.45) is 0 Å². The van der Waals surface area contributed by atoms with E-state index in [0.29, 0.717) is 0 Å². The summed E-state index contributed by atoms with van der Waals surface area (Å²) in [7, 11) is 2.17. The first-order valence-corrected chi connectivity index (χ1v) is 10.0. The summed E-state index contributed by atoms with van der Waals surface area (Å²) in [5.74, 6) is 0. The number of anilines is 1. The van der Waals surface area contributed by atoms with E-state index < -0.39 is 11.4 Å². The lowest BCUT2D eigenvalue weighted by atomic mass is 10.1. The maximum atomic E-state index is 12.3. The van der Waals surface area contributed by atoms with E-state index in [1.807, 2.05) is 20.8 Å². The van der Waals surface area contributed by atoms with E-state index in [9.17, 15) is 4.55 Å². The van der Waals surface area contributed by atoms with Gasteiger partial charge in [-0.15, -0.1) is 4.72 Å². The number of likely N-dealkylation sites (N-methyl/N-ethyl adjacent to an activating group) is 1. The van der Waals surface area contributed by atoms with E-state index in [-0.39, 0.29) is 10.8 Å². The van der Waals surface area contributed by atoms with Gasteiger partial charge in [-0.3, -0.25) is 0 Å². The van der Waals surface area contributed by atoms with E-state index >= 15 is 0 Å². The van der Waals surface area contributed by atoms with Gasteiger partial charge in [0.2, 0.25) is 0 Å². The molecule has 130 valence electrons. The standard InChI is InChI=1S/C17H28BrN3OS/c1-13(19-23(22)17(2,3)4)15-7-6-14(12-16(15)18)21-10-8-20(5)9-11-21/h6-7,12-13,19H,8-11H2,1-5H3/t13-,23?/m0/s1. The number of nitrogens with zero attached hydrogens (tertiary/aromatic N) is 2. The molecule has 0 bridgehead atoms. The first-order valence-electron chi connectivity index (χ1n) is 8.09. The van der Waals surface area contributed by atoms with Crippen molar-refractivity contribution < 1.29 is 4.55 Å². The molecule has 4 nitrogen and oxygen atoms in total. The quantitative estimate of drug-likeness (QED) is 0.785. The van der Waals surface area contributed by atoms with Crippen molar-refractivity contribution >= 4 is 33.0 Å². The van der Waals surface area contributed by atoms with Crippen molar-refractivity contribution in [1.82, 2.24) is 9.62 Å². The Morgan fingerprint density at radius 2 is 1.83 bits per heavy atom. The van der Waals surface area contributed by atoms with Crippen molar-refractivity contribution in [3.8, 4) is 0 Å². The maximum Gasteiger partial charge on any atom is 0.136 e. The van der Waals surface area contributed by atoms with Crippen LogP contribution in [0.25, 0.3) is 0 Å². The van der Waals surface area contributed by atoms with Gasteiger partial charge in [0.15, 0.2) is 0 Å². The Kier molecular flexibility index (Phi) is 6.42. The first kappa shape index (κ1) is 19.1. The molecule has 6 heteroatoms. The van der Waals surface area contributed by atoms with Crippen molar-refractivity contribution in [2.75, 3.05) is 38.1 Å². The Morgan fingerprint density at radius 3 is 2.35 bits per heavy atom. The summed E-state index contributed by atoms with van der Waals surface area (Å²) in [5, 5.41) is 0. The van der Waals surface area contributed by atoms with Gasteiger partial charge in [-0.05, 0) is 52.4 Å². The van der Waals surface area contributed by atoms with Gasteiger partial charge in [0.05, 0.1) is 6.04 Å². The van der Waals surface area contributed by atoms with Crippen LogP contribution >= 0.6 is 15.9 Å². The molecular formula is C17H28BrN3OS. The number of halogens is 1. The second kappa shape index (κ2) is 7.74. The van der Waals surface area contributed by atoms with Crippen molar-refractivity contribution in [3.63, 3.8) is 0 Å². The SMILES string of the molecule is C[C@H](N[S+]([O-])C(C)(C)C)c1ccc(N2CCN(C)CC2)cc1Br. The van der Waals surface area contributed by atoms with Gasteiger partial charge < -0.3 is 14.4 Å². The summed E-state index contributed by atoms with van der Waals surface area (Å²) in [5.41, 5.74) is 2.39. The molecule has 0 aliphatic carbocycles. The minimum atomic E-state index is -1.08. The van der Waals surface area contributed by atoms with E-state index in [1.54, 1.807) is 0 Å². The van der Waals surface area contributed by atoms with Crippen molar-refractivity contribution in [1.29, 1.82) is 0 Å². The fraction of sp³-hybridized carbons (Fsp3) is 0.647. The van der Waals surface area contributed by atoms with Gasteiger partial charge >= 0.3 is 0 Å². The van der Waals surface area contributed by atoms with Gasteiger partial charge in [-0.25, -0.2) is 0 Å². The van der Waals surface area contributed by atoms with Gasteiger partial charge in [0.25, 0.3) is 0 Å². The second-order valence-electron chi connectivity index (χ2n) is 7.22. The molecule has 1 fully saturated rings. The van der Waals surface area contributed by atoms with Crippen molar-refractivity contribution in [2.45, 2.75) is 38.5 Å². The topological polar surface area (TPSA) is 41.6 Å². The number of hydrogen-bond acceptors (Lipinski definition) is 4. The third kappa shape index (κ3) is 5.10. The highest BCUT2D eigenvalue weighted by Crippen LogP contribution is 2.30. The Balaban J connectivity index is 2.07. The van der Waals surface area contributed by atoms with Crippen LogP contribution in [0.2, 0.25) is 0 Å². The van der Waals surface area contributed by atoms with Gasteiger partial charge in [-0.1, -0.05) is 22.0 Å². The predicted molar refractivity (Wildman–Crippen MR) is 103 cm³/mol. The van der Waals surface area contributed by atoms with Crippen LogP contribution in [0.1, 0.15) is 39.3 Å². The van der Waals surface area contributed by atoms with Gasteiger partial charge in [-0.2, -0.15) is 0 Å². The second-order valence-corrected chi connectivity index (χ2v) is 10.1. The summed E-state index contributed by atoms with van der Waals surface area (Å²) in [6.45, 7) is 12.3. The average Bonchev–Trinajstić information content (AvgIpc) is 2.46. The molecule has 1 aliphatic rings. The Labute approximate surface area is 152 Å². The third-order valence-electron chi connectivity index (χ3n) is 4.16. The van der Waals surface area contributed by atoms with Crippen LogP contribution in [-0.2, 0) is 11.4 Å². The molecule has 23 heavy (non-hydrogen) atoms. The predicted octanol–water partition coefficient (Wildman–Crippen LogP) is 3.31. The molecule has 1 saturated heterocycles. The smallest absolute Gasteiger partial charge is 0.136 e. The van der Waals surface area contributed by atoms with Gasteiger partial charge in [0.1, 0.15) is 4.75 Å².